The van der Waals surface area contributed by atoms with Gasteiger partial charge in [0.2, 0.25) is 0 Å². The summed E-state index contributed by atoms with van der Waals surface area (Å²) in [6.07, 6.45) is 1.71. The Balaban J connectivity index is 3.71. The summed E-state index contributed by atoms with van der Waals surface area (Å²) in [5, 5.41) is 10.9. The molecule has 2 nitrogen and oxygen atoms in total. The van der Waals surface area contributed by atoms with E-state index in [-0.39, 0.29) is 0 Å². The smallest absolute Gasteiger partial charge is 0.155 e. The third kappa shape index (κ3) is 5.60. The number of rotatable bonds is 3. The van der Waals surface area contributed by atoms with Gasteiger partial charge in [-0.25, -0.2) is 4.74 Å². The topological polar surface area (TPSA) is 26.1 Å². The van der Waals surface area contributed by atoms with E-state index < -0.39 is 0 Å². The Kier molecular flexibility index (Phi) is 4.08. The van der Waals surface area contributed by atoms with Gasteiger partial charge in [0.25, 0.3) is 0 Å². The van der Waals surface area contributed by atoms with E-state index in [1.54, 1.807) is 6.21 Å². The largest absolute Gasteiger partial charge is 0.624 e. The molecule has 0 fully saturated rings. The van der Waals surface area contributed by atoms with Crippen LogP contribution in [0.15, 0.2) is 0 Å². The Labute approximate surface area is 63.1 Å². The first-order valence-corrected chi connectivity index (χ1v) is 3.81. The third-order valence-electron chi connectivity index (χ3n) is 1.01. The summed E-state index contributed by atoms with van der Waals surface area (Å²) < 4.78 is 1.02. The van der Waals surface area contributed by atoms with Crippen LogP contribution in [-0.4, -0.2) is 17.5 Å². The molecule has 0 amide bonds. The van der Waals surface area contributed by atoms with E-state index in [0.29, 0.717) is 18.4 Å². The first-order chi connectivity index (χ1) is 4.52. The maximum Gasteiger partial charge on any atom is 0.155 e. The lowest BCUT2D eigenvalue weighted by atomic mass is 10.2. The second-order valence-corrected chi connectivity index (χ2v) is 3.39. The molecule has 0 aromatic heterocycles. The molecule has 0 aromatic rings. The van der Waals surface area contributed by atoms with Crippen molar-refractivity contribution in [2.75, 3.05) is 6.54 Å². The molecule has 10 heavy (non-hydrogen) atoms. The maximum atomic E-state index is 10.9. The molecule has 0 spiro atoms. The van der Waals surface area contributed by atoms with Gasteiger partial charge in [0.15, 0.2) is 12.8 Å². The van der Waals surface area contributed by atoms with Gasteiger partial charge in [-0.3, -0.25) is 0 Å². The van der Waals surface area contributed by atoms with Crippen LogP contribution < -0.4 is 0 Å². The number of hydrogen-bond donors (Lipinski definition) is 0. The van der Waals surface area contributed by atoms with Crippen molar-refractivity contribution >= 4 is 6.21 Å². The highest BCUT2D eigenvalue weighted by Crippen LogP contribution is 1.92. The molecule has 0 unspecified atom stereocenters. The fraction of sp³-hybridized carbons (Fsp3) is 0.875. The Bertz CT molecular complexity index is 116. The molecule has 0 aromatic carbocycles. The lowest BCUT2D eigenvalue weighted by molar-refractivity contribution is -0.462. The van der Waals surface area contributed by atoms with Gasteiger partial charge in [-0.1, -0.05) is 27.7 Å². The molecular formula is C8H17NO. The second kappa shape index (κ2) is 4.31. The predicted octanol–water partition coefficient (Wildman–Crippen LogP) is 1.88. The van der Waals surface area contributed by atoms with Crippen molar-refractivity contribution in [3.05, 3.63) is 5.21 Å². The molecule has 0 bridgehead atoms. The number of hydrogen-bond acceptors (Lipinski definition) is 1. The standard InChI is InChI=1S/C8H17NO/c1-7(2)5-9(10)6-8(3)4/h5,7-8H,6H2,1-4H3. The molecule has 0 aliphatic carbocycles. The maximum absolute atomic E-state index is 10.9. The van der Waals surface area contributed by atoms with Gasteiger partial charge in [-0.15, -0.1) is 0 Å². The monoisotopic (exact) mass is 143 g/mol. The second-order valence-electron chi connectivity index (χ2n) is 3.39. The van der Waals surface area contributed by atoms with Crippen LogP contribution in [0.3, 0.4) is 0 Å². The van der Waals surface area contributed by atoms with Crippen molar-refractivity contribution in [2.45, 2.75) is 27.7 Å². The van der Waals surface area contributed by atoms with E-state index in [9.17, 15) is 5.21 Å². The molecule has 0 atom stereocenters. The quantitative estimate of drug-likeness (QED) is 0.256. The van der Waals surface area contributed by atoms with Gasteiger partial charge >= 0.3 is 0 Å². The Morgan fingerprint density at radius 3 is 2.10 bits per heavy atom. The molecule has 0 heterocycles. The van der Waals surface area contributed by atoms with Gasteiger partial charge in [-0.05, 0) is 0 Å². The fourth-order valence-electron chi connectivity index (χ4n) is 0.753. The first kappa shape index (κ1) is 9.47. The molecule has 0 aliphatic rings. The lowest BCUT2D eigenvalue weighted by Gasteiger charge is -2.06. The van der Waals surface area contributed by atoms with Crippen molar-refractivity contribution in [1.29, 1.82) is 0 Å². The minimum absolute atomic E-state index is 0.358. The van der Waals surface area contributed by atoms with Crippen molar-refractivity contribution in [1.82, 2.24) is 0 Å². The Morgan fingerprint density at radius 2 is 1.80 bits per heavy atom. The van der Waals surface area contributed by atoms with Crippen molar-refractivity contribution in [3.63, 3.8) is 0 Å². The van der Waals surface area contributed by atoms with E-state index in [1.807, 2.05) is 27.7 Å². The van der Waals surface area contributed by atoms with Gasteiger partial charge in [-0.2, -0.15) is 0 Å². The molecule has 0 radical (unpaired) electrons. The molecular weight excluding hydrogens is 126 g/mol. The molecule has 0 rings (SSSR count). The molecule has 0 aliphatic heterocycles. The first-order valence-electron chi connectivity index (χ1n) is 3.81. The molecule has 0 saturated carbocycles. The van der Waals surface area contributed by atoms with Crippen LogP contribution in [0.5, 0.6) is 0 Å². The molecule has 0 saturated heterocycles. The van der Waals surface area contributed by atoms with Crippen LogP contribution in [0, 0.1) is 17.0 Å². The van der Waals surface area contributed by atoms with E-state index in [0.717, 1.165) is 4.74 Å². The summed E-state index contributed by atoms with van der Waals surface area (Å²) in [5.74, 6) is 0.809. The number of hydroxylamine groups is 1. The average molecular weight is 143 g/mol. The zero-order valence-electron chi connectivity index (χ0n) is 7.29. The highest BCUT2D eigenvalue weighted by atomic mass is 16.5. The van der Waals surface area contributed by atoms with Crippen LogP contribution in [0.25, 0.3) is 0 Å². The van der Waals surface area contributed by atoms with Gasteiger partial charge in [0.05, 0.1) is 0 Å². The van der Waals surface area contributed by atoms with E-state index in [1.165, 1.54) is 0 Å². The minimum Gasteiger partial charge on any atom is -0.624 e. The normalized spacial score (nSPS) is 13.2. The van der Waals surface area contributed by atoms with Gasteiger partial charge < -0.3 is 5.21 Å². The van der Waals surface area contributed by atoms with Gasteiger partial charge in [0.1, 0.15) is 0 Å². The summed E-state index contributed by atoms with van der Waals surface area (Å²) >= 11 is 0. The lowest BCUT2D eigenvalue weighted by Crippen LogP contribution is -2.14. The zero-order chi connectivity index (χ0) is 8.15. The zero-order valence-corrected chi connectivity index (χ0v) is 7.29. The van der Waals surface area contributed by atoms with Crippen LogP contribution in [0.1, 0.15) is 27.7 Å². The summed E-state index contributed by atoms with van der Waals surface area (Å²) in [6.45, 7) is 8.70. The summed E-state index contributed by atoms with van der Waals surface area (Å²) in [6, 6.07) is 0. The highest BCUT2D eigenvalue weighted by Gasteiger charge is 1.99. The summed E-state index contributed by atoms with van der Waals surface area (Å²) in [4.78, 5) is 0. The van der Waals surface area contributed by atoms with Crippen molar-refractivity contribution in [3.8, 4) is 0 Å². The van der Waals surface area contributed by atoms with Crippen LogP contribution >= 0.6 is 0 Å². The van der Waals surface area contributed by atoms with Crippen molar-refractivity contribution in [2.24, 2.45) is 11.8 Å². The number of nitrogens with zero attached hydrogens (tertiary/aromatic N) is 1. The van der Waals surface area contributed by atoms with Crippen LogP contribution in [-0.2, 0) is 0 Å². The van der Waals surface area contributed by atoms with E-state index >= 15 is 0 Å². The molecule has 60 valence electrons. The van der Waals surface area contributed by atoms with Crippen molar-refractivity contribution < 1.29 is 4.74 Å². The SMILES string of the molecule is CC(C)C=[N+]([O-])CC(C)C. The van der Waals surface area contributed by atoms with Crippen LogP contribution in [0.4, 0.5) is 0 Å². The third-order valence-corrected chi connectivity index (χ3v) is 1.01. The van der Waals surface area contributed by atoms with Crippen LogP contribution in [0.2, 0.25) is 0 Å². The summed E-state index contributed by atoms with van der Waals surface area (Å²) in [7, 11) is 0. The highest BCUT2D eigenvalue weighted by molar-refractivity contribution is 5.53. The fourth-order valence-corrected chi connectivity index (χ4v) is 0.753. The minimum atomic E-state index is 0.358. The summed E-state index contributed by atoms with van der Waals surface area (Å²) in [5.41, 5.74) is 0. The molecule has 0 N–H and O–H groups in total. The predicted molar refractivity (Wildman–Crippen MR) is 44.2 cm³/mol. The molecule has 2 heteroatoms. The van der Waals surface area contributed by atoms with E-state index in [4.69, 9.17) is 0 Å². The van der Waals surface area contributed by atoms with Gasteiger partial charge in [0, 0.05) is 11.8 Å². The average Bonchev–Trinajstić information content (AvgIpc) is 1.58. The Hall–Kier alpha value is -0.530. The Morgan fingerprint density at radius 1 is 1.30 bits per heavy atom. The van der Waals surface area contributed by atoms with E-state index in [2.05, 4.69) is 0 Å².